The number of Topliss-reactive ketones (excluding diaryl/α,β-unsaturated/α-hetero) is 1. The van der Waals surface area contributed by atoms with E-state index in [0.29, 0.717) is 0 Å². The second-order valence-electron chi connectivity index (χ2n) is 7.54. The van der Waals surface area contributed by atoms with Crippen LogP contribution in [-0.2, 0) is 4.74 Å². The van der Waals surface area contributed by atoms with Crippen LogP contribution in [0.15, 0.2) is 54.6 Å². The van der Waals surface area contributed by atoms with Crippen LogP contribution >= 0.6 is 0 Å². The molecule has 1 amide bonds. The topological polar surface area (TPSA) is 55.4 Å². The Balaban J connectivity index is 2.46. The Kier molecular flexibility index (Phi) is 6.54. The Hall–Kier alpha value is -2.76. The number of amides is 1. The summed E-state index contributed by atoms with van der Waals surface area (Å²) in [6, 6.07) is 11.7. The first-order chi connectivity index (χ1) is 13.1. The first-order valence-electron chi connectivity index (χ1n) is 9.10. The van der Waals surface area contributed by atoms with Crippen LogP contribution in [0.5, 0.6) is 0 Å². The molecule has 2 aromatic carbocycles. The quantitative estimate of drug-likeness (QED) is 0.674. The summed E-state index contributed by atoms with van der Waals surface area (Å²) in [5, 5.41) is 2.47. The molecule has 0 fully saturated rings. The summed E-state index contributed by atoms with van der Waals surface area (Å²) in [5.41, 5.74) is -2.80. The highest BCUT2D eigenvalue weighted by atomic mass is 19.1. The molecule has 2 aromatic rings. The van der Waals surface area contributed by atoms with Gasteiger partial charge >= 0.3 is 6.09 Å². The van der Waals surface area contributed by atoms with E-state index in [1.165, 1.54) is 31.2 Å². The molecule has 150 valence electrons. The number of benzene rings is 2. The number of alkyl halides is 1. The molecule has 0 spiro atoms. The molecule has 0 aliphatic heterocycles. The van der Waals surface area contributed by atoms with Crippen LogP contribution in [-0.4, -0.2) is 23.1 Å². The molecule has 6 heteroatoms. The Morgan fingerprint density at radius 1 is 1.04 bits per heavy atom. The van der Waals surface area contributed by atoms with Crippen molar-refractivity contribution in [3.63, 3.8) is 0 Å². The number of ketones is 1. The van der Waals surface area contributed by atoms with E-state index < -0.39 is 35.0 Å². The second-order valence-corrected chi connectivity index (χ2v) is 7.54. The minimum absolute atomic E-state index is 0.185. The van der Waals surface area contributed by atoms with Gasteiger partial charge in [-0.3, -0.25) is 4.79 Å². The van der Waals surface area contributed by atoms with Crippen molar-refractivity contribution in [2.75, 3.05) is 0 Å². The molecule has 2 atom stereocenters. The maximum Gasteiger partial charge on any atom is 0.408 e. The average molecular weight is 389 g/mol. The molecule has 1 N–H and O–H groups in total. The molecule has 0 aliphatic carbocycles. The molecular formula is C22H25F2NO3. The molecule has 0 aliphatic rings. The maximum absolute atomic E-state index is 16.1. The third-order valence-corrected chi connectivity index (χ3v) is 4.25. The monoisotopic (exact) mass is 389 g/mol. The van der Waals surface area contributed by atoms with Crippen LogP contribution in [0.1, 0.15) is 56.1 Å². The number of alkyl carbamates (subject to hydrolysis) is 1. The minimum atomic E-state index is -2.45. The predicted molar refractivity (Wildman–Crippen MR) is 103 cm³/mol. The van der Waals surface area contributed by atoms with E-state index in [4.69, 9.17) is 4.74 Å². The summed E-state index contributed by atoms with van der Waals surface area (Å²) < 4.78 is 34.7. The van der Waals surface area contributed by atoms with E-state index in [1.807, 2.05) is 0 Å². The van der Waals surface area contributed by atoms with Crippen molar-refractivity contribution < 1.29 is 23.1 Å². The number of halogens is 2. The fraction of sp³-hybridized carbons (Fsp3) is 0.364. The molecule has 0 saturated heterocycles. The standard InChI is InChI=1S/C22H25F2NO3/c1-5-22(24,19(26)16-9-7-6-8-10-16)18(15-11-13-17(23)14-12-15)25-20(27)28-21(2,3)4/h6-14,18H,5H2,1-4H3,(H,25,27)/t18-,22+/m0/s1. The SMILES string of the molecule is CC[C@](F)(C(=O)c1ccccc1)[C@@H](NC(=O)OC(C)(C)C)c1ccc(F)cc1. The Morgan fingerprint density at radius 2 is 1.61 bits per heavy atom. The summed E-state index contributed by atoms with van der Waals surface area (Å²) in [4.78, 5) is 25.4. The van der Waals surface area contributed by atoms with Gasteiger partial charge in [-0.1, -0.05) is 49.4 Å². The number of hydrogen-bond acceptors (Lipinski definition) is 3. The van der Waals surface area contributed by atoms with Crippen LogP contribution < -0.4 is 5.32 Å². The van der Waals surface area contributed by atoms with Gasteiger partial charge in [-0.25, -0.2) is 13.6 Å². The molecular weight excluding hydrogens is 364 g/mol. The van der Waals surface area contributed by atoms with E-state index in [1.54, 1.807) is 39.0 Å². The summed E-state index contributed by atoms with van der Waals surface area (Å²) in [6.07, 6.45) is -1.06. The average Bonchev–Trinajstić information content (AvgIpc) is 2.65. The van der Waals surface area contributed by atoms with Gasteiger partial charge in [-0.15, -0.1) is 0 Å². The van der Waals surface area contributed by atoms with Crippen molar-refractivity contribution in [1.82, 2.24) is 5.32 Å². The molecule has 0 radical (unpaired) electrons. The molecule has 28 heavy (non-hydrogen) atoms. The Labute approximate surface area is 163 Å². The summed E-state index contributed by atoms with van der Waals surface area (Å²) in [6.45, 7) is 6.56. The van der Waals surface area contributed by atoms with E-state index in [-0.39, 0.29) is 17.5 Å². The lowest BCUT2D eigenvalue weighted by molar-refractivity contribution is 0.0345. The molecule has 4 nitrogen and oxygen atoms in total. The lowest BCUT2D eigenvalue weighted by Gasteiger charge is -2.33. The number of nitrogens with one attached hydrogen (secondary N) is 1. The number of ether oxygens (including phenoxy) is 1. The zero-order valence-corrected chi connectivity index (χ0v) is 16.5. The van der Waals surface area contributed by atoms with Gasteiger partial charge in [0.05, 0.1) is 6.04 Å². The van der Waals surface area contributed by atoms with Crippen molar-refractivity contribution >= 4 is 11.9 Å². The molecule has 2 rings (SSSR count). The molecule has 0 heterocycles. The van der Waals surface area contributed by atoms with Gasteiger partial charge in [0.1, 0.15) is 11.4 Å². The molecule has 0 bridgehead atoms. The van der Waals surface area contributed by atoms with Gasteiger partial charge < -0.3 is 10.1 Å². The third-order valence-electron chi connectivity index (χ3n) is 4.25. The van der Waals surface area contributed by atoms with Crippen molar-refractivity contribution in [1.29, 1.82) is 0 Å². The first-order valence-corrected chi connectivity index (χ1v) is 9.10. The third kappa shape index (κ3) is 5.15. The van der Waals surface area contributed by atoms with Gasteiger partial charge in [0.15, 0.2) is 5.67 Å². The largest absolute Gasteiger partial charge is 0.444 e. The highest BCUT2D eigenvalue weighted by molar-refractivity contribution is 6.03. The van der Waals surface area contributed by atoms with Crippen molar-refractivity contribution in [2.45, 2.75) is 51.4 Å². The van der Waals surface area contributed by atoms with Gasteiger partial charge in [-0.2, -0.15) is 0 Å². The molecule has 0 aromatic heterocycles. The number of carbonyl (C=O) groups excluding carboxylic acids is 2. The van der Waals surface area contributed by atoms with E-state index >= 15 is 4.39 Å². The highest BCUT2D eigenvalue weighted by Crippen LogP contribution is 2.36. The van der Waals surface area contributed by atoms with Gasteiger partial charge in [0.2, 0.25) is 5.78 Å². The Bertz CT molecular complexity index is 816. The van der Waals surface area contributed by atoms with Crippen LogP contribution in [0.3, 0.4) is 0 Å². The van der Waals surface area contributed by atoms with Gasteiger partial charge in [0, 0.05) is 5.56 Å². The number of rotatable bonds is 6. The van der Waals surface area contributed by atoms with E-state index in [9.17, 15) is 14.0 Å². The molecule has 0 saturated carbocycles. The van der Waals surface area contributed by atoms with Gasteiger partial charge in [0.25, 0.3) is 0 Å². The smallest absolute Gasteiger partial charge is 0.408 e. The van der Waals surface area contributed by atoms with Crippen LogP contribution in [0.25, 0.3) is 0 Å². The van der Waals surface area contributed by atoms with Crippen LogP contribution in [0, 0.1) is 5.82 Å². The van der Waals surface area contributed by atoms with Crippen molar-refractivity contribution in [3.05, 3.63) is 71.5 Å². The zero-order chi connectivity index (χ0) is 20.9. The van der Waals surface area contributed by atoms with Crippen LogP contribution in [0.2, 0.25) is 0 Å². The lowest BCUT2D eigenvalue weighted by atomic mass is 9.82. The lowest BCUT2D eigenvalue weighted by Crippen LogP contribution is -2.49. The first kappa shape index (κ1) is 21.5. The van der Waals surface area contributed by atoms with Gasteiger partial charge in [-0.05, 0) is 44.9 Å². The molecule has 0 unspecified atom stereocenters. The highest BCUT2D eigenvalue weighted by Gasteiger charge is 2.47. The van der Waals surface area contributed by atoms with E-state index in [0.717, 1.165) is 12.1 Å². The fourth-order valence-electron chi connectivity index (χ4n) is 2.87. The second kappa shape index (κ2) is 8.50. The normalized spacial score (nSPS) is 14.6. The summed E-state index contributed by atoms with van der Waals surface area (Å²) >= 11 is 0. The fourth-order valence-corrected chi connectivity index (χ4v) is 2.87. The summed E-state index contributed by atoms with van der Waals surface area (Å²) in [7, 11) is 0. The number of hydrogen-bond donors (Lipinski definition) is 1. The number of carbonyl (C=O) groups is 2. The summed E-state index contributed by atoms with van der Waals surface area (Å²) in [5.74, 6) is -1.27. The maximum atomic E-state index is 16.1. The zero-order valence-electron chi connectivity index (χ0n) is 16.5. The van der Waals surface area contributed by atoms with Crippen LogP contribution in [0.4, 0.5) is 13.6 Å². The minimum Gasteiger partial charge on any atom is -0.444 e. The van der Waals surface area contributed by atoms with E-state index in [2.05, 4.69) is 5.32 Å². The predicted octanol–water partition coefficient (Wildman–Crippen LogP) is 5.39. The van der Waals surface area contributed by atoms with Crippen molar-refractivity contribution in [2.24, 2.45) is 0 Å². The van der Waals surface area contributed by atoms with Crippen molar-refractivity contribution in [3.8, 4) is 0 Å². The Morgan fingerprint density at radius 3 is 2.11 bits per heavy atom.